The normalized spacial score (nSPS) is 16.6. The molecule has 1 aromatic heterocycles. The van der Waals surface area contributed by atoms with E-state index in [1.54, 1.807) is 4.57 Å². The molecule has 0 bridgehead atoms. The van der Waals surface area contributed by atoms with Gasteiger partial charge < -0.3 is 24.5 Å². The Bertz CT molecular complexity index is 1270. The molecule has 0 fully saturated rings. The lowest BCUT2D eigenvalue weighted by Crippen LogP contribution is -2.39. The number of nitrogens with one attached hydrogen (secondary N) is 1. The molecular formula is C24H22ClFN2O5. The van der Waals surface area contributed by atoms with E-state index in [4.69, 9.17) is 21.1 Å². The van der Waals surface area contributed by atoms with Gasteiger partial charge in [-0.05, 0) is 61.1 Å². The van der Waals surface area contributed by atoms with Crippen LogP contribution in [0.4, 0.5) is 4.39 Å². The molecule has 2 heterocycles. The van der Waals surface area contributed by atoms with E-state index in [1.165, 1.54) is 12.1 Å². The number of nitrogens with zero attached hydrogens (tertiary/aromatic N) is 1. The highest BCUT2D eigenvalue weighted by Gasteiger charge is 2.28. The van der Waals surface area contributed by atoms with Gasteiger partial charge in [-0.3, -0.25) is 9.59 Å². The number of aliphatic carboxylic acids is 1. The van der Waals surface area contributed by atoms with Crippen LogP contribution in [0.25, 0.3) is 10.9 Å². The Morgan fingerprint density at radius 3 is 2.85 bits per heavy atom. The van der Waals surface area contributed by atoms with E-state index >= 15 is 0 Å². The molecule has 1 aliphatic heterocycles. The van der Waals surface area contributed by atoms with E-state index in [9.17, 15) is 19.1 Å². The number of carboxylic acid groups (broad SMARTS) is 1. The van der Waals surface area contributed by atoms with Gasteiger partial charge in [0.25, 0.3) is 0 Å². The Balaban J connectivity index is 1.30. The molecule has 1 amide bonds. The molecule has 3 aromatic rings. The molecule has 33 heavy (non-hydrogen) atoms. The Morgan fingerprint density at radius 2 is 2.03 bits per heavy atom. The maximum atomic E-state index is 14.1. The van der Waals surface area contributed by atoms with Gasteiger partial charge in [0.15, 0.2) is 11.5 Å². The molecule has 7 nitrogen and oxygen atoms in total. The van der Waals surface area contributed by atoms with Gasteiger partial charge in [0.1, 0.15) is 12.4 Å². The van der Waals surface area contributed by atoms with Crippen LogP contribution in [0.2, 0.25) is 5.02 Å². The lowest BCUT2D eigenvalue weighted by Gasteiger charge is -2.25. The van der Waals surface area contributed by atoms with E-state index in [0.29, 0.717) is 54.5 Å². The predicted molar refractivity (Wildman–Crippen MR) is 119 cm³/mol. The minimum atomic E-state index is -0.992. The van der Waals surface area contributed by atoms with E-state index in [2.05, 4.69) is 5.32 Å². The minimum Gasteiger partial charge on any atom is -0.480 e. The first kappa shape index (κ1) is 21.6. The van der Waals surface area contributed by atoms with Crippen LogP contribution < -0.4 is 14.8 Å². The van der Waals surface area contributed by atoms with Gasteiger partial charge in [0.05, 0.1) is 10.5 Å². The molecule has 9 heteroatoms. The van der Waals surface area contributed by atoms with Crippen LogP contribution in [-0.4, -0.2) is 34.4 Å². The van der Waals surface area contributed by atoms with Gasteiger partial charge in [-0.2, -0.15) is 0 Å². The van der Waals surface area contributed by atoms with Crippen molar-refractivity contribution in [2.45, 2.75) is 44.7 Å². The fourth-order valence-corrected chi connectivity index (χ4v) is 5.09. The summed E-state index contributed by atoms with van der Waals surface area (Å²) in [6.45, 7) is -0.0370. The standard InChI is InChI=1S/C24H22ClFN2O5/c25-18-9-14(26)8-17-16-10-15(3-4-19(16)28(24(17)18)11-23(30)31)27-22(29)6-2-13-1-5-20-21(7-13)33-12-32-20/h1,5,7-9,15H,2-4,6,10-12H2,(H,27,29)(H,30,31). The Labute approximate surface area is 194 Å². The first-order valence-corrected chi connectivity index (χ1v) is 11.2. The summed E-state index contributed by atoms with van der Waals surface area (Å²) in [6.07, 6.45) is 2.62. The van der Waals surface area contributed by atoms with Crippen LogP contribution in [-0.2, 0) is 35.4 Å². The highest BCUT2D eigenvalue weighted by Crippen LogP contribution is 2.37. The van der Waals surface area contributed by atoms with Gasteiger partial charge in [-0.25, -0.2) is 4.39 Å². The Kier molecular flexibility index (Phi) is 5.62. The van der Waals surface area contributed by atoms with Crippen molar-refractivity contribution < 1.29 is 28.6 Å². The highest BCUT2D eigenvalue weighted by molar-refractivity contribution is 6.35. The maximum Gasteiger partial charge on any atom is 0.323 e. The predicted octanol–water partition coefficient (Wildman–Crippen LogP) is 3.85. The number of hydrogen-bond donors (Lipinski definition) is 2. The van der Waals surface area contributed by atoms with Gasteiger partial charge in [0.2, 0.25) is 12.7 Å². The lowest BCUT2D eigenvalue weighted by molar-refractivity contribution is -0.137. The highest BCUT2D eigenvalue weighted by atomic mass is 35.5. The van der Waals surface area contributed by atoms with Gasteiger partial charge >= 0.3 is 5.97 Å². The molecule has 0 spiro atoms. The number of aryl methyl sites for hydroxylation is 1. The number of benzene rings is 2. The number of halogens is 2. The smallest absolute Gasteiger partial charge is 0.323 e. The Hall–Kier alpha value is -3.26. The number of hydrogen-bond acceptors (Lipinski definition) is 4. The average Bonchev–Trinajstić information content (AvgIpc) is 3.34. The number of carbonyl (C=O) groups excluding carboxylic acids is 1. The number of amides is 1. The summed E-state index contributed by atoms with van der Waals surface area (Å²) < 4.78 is 26.4. The number of carbonyl (C=O) groups is 2. The summed E-state index contributed by atoms with van der Waals surface area (Å²) >= 11 is 6.29. The summed E-state index contributed by atoms with van der Waals surface area (Å²) in [5.41, 5.74) is 3.20. The average molecular weight is 473 g/mol. The van der Waals surface area contributed by atoms with Gasteiger partial charge in [-0.15, -0.1) is 0 Å². The van der Waals surface area contributed by atoms with Crippen molar-refractivity contribution in [3.63, 3.8) is 0 Å². The molecule has 1 unspecified atom stereocenters. The largest absolute Gasteiger partial charge is 0.480 e. The molecule has 0 saturated heterocycles. The monoisotopic (exact) mass is 472 g/mol. The van der Waals surface area contributed by atoms with Crippen LogP contribution >= 0.6 is 11.6 Å². The Morgan fingerprint density at radius 1 is 1.21 bits per heavy atom. The first-order valence-electron chi connectivity index (χ1n) is 10.8. The summed E-state index contributed by atoms with van der Waals surface area (Å²) in [5.74, 6) is -0.137. The first-order chi connectivity index (χ1) is 15.9. The zero-order valence-corrected chi connectivity index (χ0v) is 18.5. The number of ether oxygens (including phenoxy) is 2. The summed E-state index contributed by atoms with van der Waals surface area (Å²) in [7, 11) is 0. The van der Waals surface area contributed by atoms with Crippen LogP contribution in [0.1, 0.15) is 29.7 Å². The van der Waals surface area contributed by atoms with Crippen molar-refractivity contribution in [2.75, 3.05) is 6.79 Å². The van der Waals surface area contributed by atoms with Crippen molar-refractivity contribution in [3.8, 4) is 11.5 Å². The van der Waals surface area contributed by atoms with Crippen LogP contribution in [0.3, 0.4) is 0 Å². The third kappa shape index (κ3) is 4.23. The van der Waals surface area contributed by atoms with Crippen molar-refractivity contribution in [2.24, 2.45) is 0 Å². The van der Waals surface area contributed by atoms with Crippen molar-refractivity contribution in [3.05, 3.63) is 58.0 Å². The quantitative estimate of drug-likeness (QED) is 0.568. The topological polar surface area (TPSA) is 89.8 Å². The second-order valence-corrected chi connectivity index (χ2v) is 8.79. The van der Waals surface area contributed by atoms with Crippen molar-refractivity contribution in [1.29, 1.82) is 0 Å². The number of rotatable bonds is 6. The van der Waals surface area contributed by atoms with Crippen LogP contribution in [0.5, 0.6) is 11.5 Å². The van der Waals surface area contributed by atoms with Gasteiger partial charge in [-0.1, -0.05) is 17.7 Å². The zero-order valence-electron chi connectivity index (χ0n) is 17.7. The summed E-state index contributed by atoms with van der Waals surface area (Å²) in [6, 6.07) is 8.12. The van der Waals surface area contributed by atoms with Crippen LogP contribution in [0, 0.1) is 5.82 Å². The third-order valence-electron chi connectivity index (χ3n) is 6.21. The van der Waals surface area contributed by atoms with E-state index in [1.807, 2.05) is 18.2 Å². The number of aromatic nitrogens is 1. The summed E-state index contributed by atoms with van der Waals surface area (Å²) in [5, 5.41) is 13.2. The number of fused-ring (bicyclic) bond motifs is 4. The zero-order chi connectivity index (χ0) is 23.1. The molecule has 172 valence electrons. The van der Waals surface area contributed by atoms with Crippen molar-refractivity contribution in [1.82, 2.24) is 9.88 Å². The van der Waals surface area contributed by atoms with E-state index in [-0.39, 0.29) is 30.3 Å². The fraction of sp³-hybridized carbons (Fsp3) is 0.333. The molecule has 0 saturated carbocycles. The molecule has 2 N–H and O–H groups in total. The third-order valence-corrected chi connectivity index (χ3v) is 6.50. The molecule has 5 rings (SSSR count). The van der Waals surface area contributed by atoms with Gasteiger partial charge in [0, 0.05) is 23.5 Å². The molecule has 1 aliphatic carbocycles. The molecule has 0 radical (unpaired) electrons. The fourth-order valence-electron chi connectivity index (χ4n) is 4.78. The second kappa shape index (κ2) is 8.59. The van der Waals surface area contributed by atoms with Crippen LogP contribution in [0.15, 0.2) is 30.3 Å². The number of carboxylic acids is 1. The molecular weight excluding hydrogens is 451 g/mol. The molecule has 1 atom stereocenters. The second-order valence-electron chi connectivity index (χ2n) is 8.38. The SMILES string of the molecule is O=C(O)Cn1c2c(c3cc(F)cc(Cl)c31)CC(NC(=O)CCc1ccc3c(c1)OCO3)CC2. The molecule has 2 aliphatic rings. The maximum absolute atomic E-state index is 14.1. The summed E-state index contributed by atoms with van der Waals surface area (Å²) in [4.78, 5) is 24.0. The minimum absolute atomic E-state index is 0.0698. The lowest BCUT2D eigenvalue weighted by atomic mass is 9.91. The van der Waals surface area contributed by atoms with E-state index in [0.717, 1.165) is 16.8 Å². The van der Waals surface area contributed by atoms with E-state index < -0.39 is 11.8 Å². The van der Waals surface area contributed by atoms with Crippen molar-refractivity contribution >= 4 is 34.4 Å². The molecule has 2 aromatic carbocycles.